The second kappa shape index (κ2) is 9.03. The Morgan fingerprint density at radius 2 is 1.64 bits per heavy atom. The maximum atomic E-state index is 13.4. The van der Waals surface area contributed by atoms with Crippen LogP contribution in [0.3, 0.4) is 0 Å². The maximum absolute atomic E-state index is 13.4. The van der Waals surface area contributed by atoms with Gasteiger partial charge in [0.1, 0.15) is 0 Å². The summed E-state index contributed by atoms with van der Waals surface area (Å²) in [6.07, 6.45) is 0. The second-order valence-electron chi connectivity index (χ2n) is 7.48. The molecule has 0 bridgehead atoms. The molecule has 3 aromatic rings. The topological polar surface area (TPSA) is 36.4 Å². The van der Waals surface area contributed by atoms with E-state index >= 15 is 0 Å². The molecule has 0 spiro atoms. The van der Waals surface area contributed by atoms with Crippen molar-refractivity contribution in [2.24, 2.45) is 0 Å². The van der Waals surface area contributed by atoms with Crippen molar-refractivity contribution in [2.75, 3.05) is 32.1 Å². The summed E-state index contributed by atoms with van der Waals surface area (Å²) in [5.41, 5.74) is 6.34. The van der Waals surface area contributed by atoms with Gasteiger partial charge in [0.25, 0.3) is 5.91 Å². The van der Waals surface area contributed by atoms with Gasteiger partial charge < -0.3 is 4.90 Å². The Labute approximate surface area is 177 Å². The molecule has 0 saturated carbocycles. The van der Waals surface area contributed by atoms with Crippen molar-refractivity contribution in [1.29, 1.82) is 0 Å². The number of hydrogen-bond donors (Lipinski definition) is 0. The minimum atomic E-state index is 0. The molecule has 3 rings (SSSR count). The van der Waals surface area contributed by atoms with Gasteiger partial charge in [-0.05, 0) is 76.7 Å². The van der Waals surface area contributed by atoms with Crippen LogP contribution in [0.25, 0.3) is 10.2 Å². The fourth-order valence-electron chi connectivity index (χ4n) is 3.07. The largest absolute Gasteiger partial charge is 0.308 e. The van der Waals surface area contributed by atoms with E-state index < -0.39 is 0 Å². The van der Waals surface area contributed by atoms with Crippen LogP contribution in [0.2, 0.25) is 0 Å². The molecule has 2 aromatic carbocycles. The van der Waals surface area contributed by atoms with E-state index in [2.05, 4.69) is 36.9 Å². The van der Waals surface area contributed by atoms with Gasteiger partial charge in [-0.25, -0.2) is 4.98 Å². The van der Waals surface area contributed by atoms with Gasteiger partial charge in [-0.3, -0.25) is 9.69 Å². The standard InChI is InChI=1S/C22H27N3OS.ClH/c1-14-7-8-18(17(4)11-14)21(26)25(10-9-24(5)6)22-23-19-12-15(2)16(3)13-20(19)27-22;/h7-8,11-13H,9-10H2,1-6H3;1H. The molecule has 28 heavy (non-hydrogen) atoms. The Kier molecular flexibility index (Phi) is 7.21. The van der Waals surface area contributed by atoms with Crippen LogP contribution >= 0.6 is 23.7 Å². The monoisotopic (exact) mass is 417 g/mol. The molecule has 0 saturated heterocycles. The number of aryl methyl sites for hydroxylation is 4. The highest BCUT2D eigenvalue weighted by atomic mass is 35.5. The first-order valence-electron chi connectivity index (χ1n) is 9.18. The van der Waals surface area contributed by atoms with E-state index in [0.717, 1.165) is 38.6 Å². The van der Waals surface area contributed by atoms with Crippen LogP contribution in [0.15, 0.2) is 30.3 Å². The predicted octanol–water partition coefficient (Wildman–Crippen LogP) is 5.16. The van der Waals surface area contributed by atoms with Crippen LogP contribution in [0.5, 0.6) is 0 Å². The maximum Gasteiger partial charge on any atom is 0.260 e. The van der Waals surface area contributed by atoms with E-state index in [4.69, 9.17) is 4.98 Å². The number of anilines is 1. The Balaban J connectivity index is 0.00000280. The zero-order valence-corrected chi connectivity index (χ0v) is 19.0. The highest BCUT2D eigenvalue weighted by Crippen LogP contribution is 2.32. The number of aromatic nitrogens is 1. The number of nitrogens with zero attached hydrogens (tertiary/aromatic N) is 3. The molecule has 150 valence electrons. The molecule has 0 fully saturated rings. The lowest BCUT2D eigenvalue weighted by Gasteiger charge is -2.22. The Hall–Kier alpha value is -1.95. The first-order valence-corrected chi connectivity index (χ1v) is 9.99. The third-order valence-electron chi connectivity index (χ3n) is 4.85. The van der Waals surface area contributed by atoms with Crippen molar-refractivity contribution in [2.45, 2.75) is 27.7 Å². The van der Waals surface area contributed by atoms with Crippen molar-refractivity contribution >= 4 is 45.0 Å². The molecular weight excluding hydrogens is 390 g/mol. The summed E-state index contributed by atoms with van der Waals surface area (Å²) >= 11 is 1.59. The van der Waals surface area contributed by atoms with Crippen molar-refractivity contribution in [3.8, 4) is 0 Å². The van der Waals surface area contributed by atoms with Crippen LogP contribution in [-0.2, 0) is 0 Å². The Morgan fingerprint density at radius 1 is 0.964 bits per heavy atom. The lowest BCUT2D eigenvalue weighted by Crippen LogP contribution is -2.37. The first-order chi connectivity index (χ1) is 12.8. The number of hydrogen-bond acceptors (Lipinski definition) is 4. The summed E-state index contributed by atoms with van der Waals surface area (Å²) in [6, 6.07) is 10.3. The molecule has 0 aliphatic rings. The molecule has 1 heterocycles. The predicted molar refractivity (Wildman–Crippen MR) is 122 cm³/mol. The normalized spacial score (nSPS) is 11.0. The average molecular weight is 418 g/mol. The third kappa shape index (κ3) is 4.72. The molecule has 0 aliphatic carbocycles. The van der Waals surface area contributed by atoms with Gasteiger partial charge in [-0.2, -0.15) is 0 Å². The molecular formula is C22H28ClN3OS. The SMILES string of the molecule is Cc1ccc(C(=O)N(CCN(C)C)c2nc3cc(C)c(C)cc3s2)c(C)c1.Cl. The smallest absolute Gasteiger partial charge is 0.260 e. The van der Waals surface area contributed by atoms with Crippen LogP contribution < -0.4 is 4.90 Å². The van der Waals surface area contributed by atoms with E-state index in [0.29, 0.717) is 6.54 Å². The summed E-state index contributed by atoms with van der Waals surface area (Å²) in [7, 11) is 4.04. The number of rotatable bonds is 5. The molecule has 1 amide bonds. The molecule has 1 aromatic heterocycles. The average Bonchev–Trinajstić information content (AvgIpc) is 2.97. The fraction of sp³-hybridized carbons (Fsp3) is 0.364. The zero-order valence-electron chi connectivity index (χ0n) is 17.4. The molecule has 0 unspecified atom stereocenters. The van der Waals surface area contributed by atoms with Crippen molar-refractivity contribution in [1.82, 2.24) is 9.88 Å². The number of benzene rings is 2. The second-order valence-corrected chi connectivity index (χ2v) is 8.49. The van der Waals surface area contributed by atoms with Gasteiger partial charge in [0.2, 0.25) is 0 Å². The van der Waals surface area contributed by atoms with Gasteiger partial charge in [0.15, 0.2) is 5.13 Å². The highest BCUT2D eigenvalue weighted by molar-refractivity contribution is 7.22. The van der Waals surface area contributed by atoms with Crippen molar-refractivity contribution < 1.29 is 4.79 Å². The summed E-state index contributed by atoms with van der Waals surface area (Å²) in [5, 5.41) is 0.766. The molecule has 0 aliphatic heterocycles. The van der Waals surface area contributed by atoms with E-state index in [1.807, 2.05) is 45.0 Å². The number of thiazole rings is 1. The molecule has 0 N–H and O–H groups in total. The number of fused-ring (bicyclic) bond motifs is 1. The van der Waals surface area contributed by atoms with E-state index in [1.165, 1.54) is 11.1 Å². The highest BCUT2D eigenvalue weighted by Gasteiger charge is 2.23. The number of likely N-dealkylation sites (N-methyl/N-ethyl adjacent to an activating group) is 1. The Morgan fingerprint density at radius 3 is 2.29 bits per heavy atom. The van der Waals surface area contributed by atoms with E-state index in [1.54, 1.807) is 11.3 Å². The van der Waals surface area contributed by atoms with Crippen LogP contribution in [0.4, 0.5) is 5.13 Å². The van der Waals surface area contributed by atoms with Crippen molar-refractivity contribution in [3.63, 3.8) is 0 Å². The number of carbonyl (C=O) groups is 1. The first kappa shape index (κ1) is 22.3. The third-order valence-corrected chi connectivity index (χ3v) is 5.89. The number of amides is 1. The quantitative estimate of drug-likeness (QED) is 0.575. The van der Waals surface area contributed by atoms with Gasteiger partial charge in [0, 0.05) is 18.7 Å². The van der Waals surface area contributed by atoms with E-state index in [9.17, 15) is 4.79 Å². The van der Waals surface area contributed by atoms with Crippen LogP contribution in [-0.4, -0.2) is 43.0 Å². The fourth-order valence-corrected chi connectivity index (χ4v) is 4.14. The van der Waals surface area contributed by atoms with Gasteiger partial charge in [0.05, 0.1) is 10.2 Å². The van der Waals surface area contributed by atoms with Gasteiger partial charge in [-0.1, -0.05) is 29.0 Å². The van der Waals surface area contributed by atoms with Gasteiger partial charge >= 0.3 is 0 Å². The Bertz CT molecular complexity index is 958. The van der Waals surface area contributed by atoms with Gasteiger partial charge in [-0.15, -0.1) is 12.4 Å². The summed E-state index contributed by atoms with van der Waals surface area (Å²) in [6.45, 7) is 9.64. The number of halogens is 1. The molecule has 0 radical (unpaired) electrons. The minimum absolute atomic E-state index is 0. The van der Waals surface area contributed by atoms with E-state index in [-0.39, 0.29) is 18.3 Å². The zero-order chi connectivity index (χ0) is 19.7. The summed E-state index contributed by atoms with van der Waals surface area (Å²) < 4.78 is 1.12. The van der Waals surface area contributed by atoms with Crippen LogP contribution in [0.1, 0.15) is 32.6 Å². The molecule has 4 nitrogen and oxygen atoms in total. The lowest BCUT2D eigenvalue weighted by atomic mass is 10.0. The van der Waals surface area contributed by atoms with Crippen LogP contribution in [0, 0.1) is 27.7 Å². The van der Waals surface area contributed by atoms with Crippen molar-refractivity contribution in [3.05, 3.63) is 58.1 Å². The lowest BCUT2D eigenvalue weighted by molar-refractivity contribution is 0.0984. The number of carbonyl (C=O) groups excluding carboxylic acids is 1. The minimum Gasteiger partial charge on any atom is -0.308 e. The summed E-state index contributed by atoms with van der Waals surface area (Å²) in [5.74, 6) is 0.0156. The molecule has 6 heteroatoms. The molecule has 0 atom stereocenters. The summed E-state index contributed by atoms with van der Waals surface area (Å²) in [4.78, 5) is 22.1.